The summed E-state index contributed by atoms with van der Waals surface area (Å²) < 4.78 is 11.4. The third-order valence-corrected chi connectivity index (χ3v) is 7.84. The molecule has 2 aromatic carbocycles. The van der Waals surface area contributed by atoms with Gasteiger partial charge in [-0.1, -0.05) is 54.1 Å². The van der Waals surface area contributed by atoms with Crippen LogP contribution in [-0.2, 0) is 20.7 Å². The van der Waals surface area contributed by atoms with Gasteiger partial charge < -0.3 is 14.4 Å². The van der Waals surface area contributed by atoms with Crippen LogP contribution in [-0.4, -0.2) is 58.7 Å². The highest BCUT2D eigenvalue weighted by atomic mass is 35.5. The number of cyclic esters (lactones) is 1. The number of likely N-dealkylation sites (tertiary alicyclic amines) is 1. The number of benzene rings is 2. The smallest absolute Gasteiger partial charge is 0.417 e. The Balaban J connectivity index is 1.46. The average Bonchev–Trinajstić information content (AvgIpc) is 3.39. The predicted octanol–water partition coefficient (Wildman–Crippen LogP) is 5.80. The van der Waals surface area contributed by atoms with E-state index in [4.69, 9.17) is 21.1 Å². The van der Waals surface area contributed by atoms with Crippen LogP contribution >= 0.6 is 11.6 Å². The van der Waals surface area contributed by atoms with Crippen LogP contribution in [0, 0.1) is 5.41 Å². The summed E-state index contributed by atoms with van der Waals surface area (Å²) in [5, 5.41) is 0.551. The first-order valence-electron chi connectivity index (χ1n) is 12.9. The zero-order valence-corrected chi connectivity index (χ0v) is 22.2. The molecule has 2 aromatic rings. The molecular formula is C29H33ClN2O5. The molecule has 0 unspecified atom stereocenters. The number of rotatable bonds is 5. The number of imide groups is 1. The number of halogens is 1. The fourth-order valence-corrected chi connectivity index (χ4v) is 5.83. The minimum absolute atomic E-state index is 0.163. The Morgan fingerprint density at radius 1 is 1.08 bits per heavy atom. The molecule has 0 bridgehead atoms. The molecular weight excluding hydrogens is 492 g/mol. The van der Waals surface area contributed by atoms with Crippen LogP contribution in [0.15, 0.2) is 54.6 Å². The molecule has 1 saturated carbocycles. The SMILES string of the molecule is CC(C)(C)OC(=O)N1CCC2(CC2)[C@H]1[C@@H](C(=O)N1C[C@H](Cc2ccccc2)OC1=O)c1ccc(Cl)cc1. The third kappa shape index (κ3) is 5.33. The van der Waals surface area contributed by atoms with E-state index in [1.165, 1.54) is 4.90 Å². The van der Waals surface area contributed by atoms with Gasteiger partial charge in [0.25, 0.3) is 0 Å². The summed E-state index contributed by atoms with van der Waals surface area (Å²) in [6.07, 6.45) is 1.68. The molecule has 3 atom stereocenters. The van der Waals surface area contributed by atoms with Gasteiger partial charge in [0.15, 0.2) is 0 Å². The van der Waals surface area contributed by atoms with E-state index in [1.54, 1.807) is 17.0 Å². The molecule has 3 aliphatic rings. The maximum atomic E-state index is 14.2. The molecule has 0 N–H and O–H groups in total. The zero-order chi connectivity index (χ0) is 26.4. The Labute approximate surface area is 222 Å². The van der Waals surface area contributed by atoms with E-state index in [2.05, 4.69) is 0 Å². The predicted molar refractivity (Wildman–Crippen MR) is 139 cm³/mol. The molecule has 2 heterocycles. The lowest BCUT2D eigenvalue weighted by molar-refractivity contribution is -0.131. The Morgan fingerprint density at radius 2 is 1.76 bits per heavy atom. The van der Waals surface area contributed by atoms with Crippen molar-refractivity contribution in [2.75, 3.05) is 13.1 Å². The van der Waals surface area contributed by atoms with Gasteiger partial charge in [-0.3, -0.25) is 4.79 Å². The summed E-state index contributed by atoms with van der Waals surface area (Å²) >= 11 is 6.17. The summed E-state index contributed by atoms with van der Waals surface area (Å²) in [4.78, 5) is 43.4. The largest absolute Gasteiger partial charge is 0.444 e. The number of hydrogen-bond donors (Lipinski definition) is 0. The molecule has 2 aliphatic heterocycles. The van der Waals surface area contributed by atoms with E-state index in [-0.39, 0.29) is 17.9 Å². The molecule has 1 aliphatic carbocycles. The lowest BCUT2D eigenvalue weighted by Gasteiger charge is -2.36. The van der Waals surface area contributed by atoms with Crippen LogP contribution in [0.3, 0.4) is 0 Å². The van der Waals surface area contributed by atoms with E-state index >= 15 is 0 Å². The van der Waals surface area contributed by atoms with E-state index in [0.717, 1.165) is 30.4 Å². The first-order valence-corrected chi connectivity index (χ1v) is 13.3. The summed E-state index contributed by atoms with van der Waals surface area (Å²) in [5.74, 6) is -1.09. The van der Waals surface area contributed by atoms with Crippen molar-refractivity contribution in [2.45, 2.75) is 70.1 Å². The lowest BCUT2D eigenvalue weighted by atomic mass is 9.81. The second-order valence-corrected chi connectivity index (χ2v) is 11.8. The van der Waals surface area contributed by atoms with Crippen molar-refractivity contribution in [2.24, 2.45) is 5.41 Å². The van der Waals surface area contributed by atoms with Gasteiger partial charge >= 0.3 is 12.2 Å². The van der Waals surface area contributed by atoms with Gasteiger partial charge in [-0.05, 0) is 68.7 Å². The van der Waals surface area contributed by atoms with Crippen molar-refractivity contribution in [3.8, 4) is 0 Å². The molecule has 5 rings (SSSR count). The van der Waals surface area contributed by atoms with Gasteiger partial charge in [0.05, 0.1) is 18.5 Å². The van der Waals surface area contributed by atoms with Crippen LogP contribution in [0.2, 0.25) is 5.02 Å². The normalized spacial score (nSPS) is 23.2. The van der Waals surface area contributed by atoms with Gasteiger partial charge in [0.2, 0.25) is 5.91 Å². The van der Waals surface area contributed by atoms with Crippen LogP contribution in [0.1, 0.15) is 57.1 Å². The van der Waals surface area contributed by atoms with E-state index in [0.29, 0.717) is 18.0 Å². The lowest BCUT2D eigenvalue weighted by Crippen LogP contribution is -2.50. The van der Waals surface area contributed by atoms with Crippen LogP contribution in [0.25, 0.3) is 0 Å². The number of carbonyl (C=O) groups excluding carboxylic acids is 3. The van der Waals surface area contributed by atoms with Gasteiger partial charge in [0, 0.05) is 18.0 Å². The molecule has 0 aromatic heterocycles. The fraction of sp³-hybridized carbons (Fsp3) is 0.483. The quantitative estimate of drug-likeness (QED) is 0.494. The first-order chi connectivity index (χ1) is 17.6. The van der Waals surface area contributed by atoms with Crippen molar-refractivity contribution >= 4 is 29.7 Å². The molecule has 8 heteroatoms. The van der Waals surface area contributed by atoms with Crippen LogP contribution in [0.4, 0.5) is 9.59 Å². The second-order valence-electron chi connectivity index (χ2n) is 11.4. The van der Waals surface area contributed by atoms with E-state index < -0.39 is 35.9 Å². The van der Waals surface area contributed by atoms with E-state index in [1.807, 2.05) is 63.2 Å². The molecule has 3 fully saturated rings. The molecule has 37 heavy (non-hydrogen) atoms. The maximum absolute atomic E-state index is 14.2. The standard InChI is InChI=1S/C29H33ClN2O5/c1-28(2,3)37-27(35)31-16-15-29(13-14-29)24(31)23(20-9-11-21(30)12-10-20)25(33)32-18-22(36-26(32)34)17-19-7-5-4-6-8-19/h4-12,22-24H,13-18H2,1-3H3/t22-,23-,24+/m0/s1. The minimum Gasteiger partial charge on any atom is -0.444 e. The van der Waals surface area contributed by atoms with Gasteiger partial charge in [-0.2, -0.15) is 0 Å². The number of hydrogen-bond acceptors (Lipinski definition) is 5. The third-order valence-electron chi connectivity index (χ3n) is 7.59. The van der Waals surface area contributed by atoms with Crippen molar-refractivity contribution in [3.63, 3.8) is 0 Å². The zero-order valence-electron chi connectivity index (χ0n) is 21.5. The second kappa shape index (κ2) is 9.67. The van der Waals surface area contributed by atoms with Crippen molar-refractivity contribution < 1.29 is 23.9 Å². The van der Waals surface area contributed by atoms with Crippen LogP contribution < -0.4 is 0 Å². The van der Waals surface area contributed by atoms with Gasteiger partial charge in [-0.25, -0.2) is 14.5 Å². The Morgan fingerprint density at radius 3 is 2.38 bits per heavy atom. The van der Waals surface area contributed by atoms with Crippen molar-refractivity contribution in [1.82, 2.24) is 9.80 Å². The molecule has 3 amide bonds. The number of nitrogens with zero attached hydrogens (tertiary/aromatic N) is 2. The summed E-state index contributed by atoms with van der Waals surface area (Å²) in [5.41, 5.74) is 0.932. The summed E-state index contributed by atoms with van der Waals surface area (Å²) in [7, 11) is 0. The first kappa shape index (κ1) is 25.6. The number of carbonyl (C=O) groups is 3. The summed E-state index contributed by atoms with van der Waals surface area (Å²) in [6, 6.07) is 16.4. The van der Waals surface area contributed by atoms with Gasteiger partial charge in [0.1, 0.15) is 11.7 Å². The Hall–Kier alpha value is -3.06. The topological polar surface area (TPSA) is 76.2 Å². The highest BCUT2D eigenvalue weighted by Crippen LogP contribution is 2.60. The minimum atomic E-state index is -0.738. The maximum Gasteiger partial charge on any atom is 0.417 e. The van der Waals surface area contributed by atoms with Crippen molar-refractivity contribution in [1.29, 1.82) is 0 Å². The molecule has 0 radical (unpaired) electrons. The number of amides is 3. The molecule has 196 valence electrons. The van der Waals surface area contributed by atoms with Crippen LogP contribution in [0.5, 0.6) is 0 Å². The van der Waals surface area contributed by atoms with Gasteiger partial charge in [-0.15, -0.1) is 0 Å². The summed E-state index contributed by atoms with van der Waals surface area (Å²) in [6.45, 7) is 6.17. The van der Waals surface area contributed by atoms with Crippen molar-refractivity contribution in [3.05, 3.63) is 70.7 Å². The Kier molecular flexibility index (Phi) is 6.69. The number of ether oxygens (including phenoxy) is 2. The molecule has 1 spiro atoms. The van der Waals surface area contributed by atoms with E-state index in [9.17, 15) is 14.4 Å². The Bertz CT molecular complexity index is 1170. The highest BCUT2D eigenvalue weighted by Gasteiger charge is 2.62. The average molecular weight is 525 g/mol. The monoisotopic (exact) mass is 524 g/mol. The molecule has 2 saturated heterocycles. The molecule has 7 nitrogen and oxygen atoms in total. The fourth-order valence-electron chi connectivity index (χ4n) is 5.71. The highest BCUT2D eigenvalue weighted by molar-refractivity contribution is 6.30.